The number of benzene rings is 1. The Bertz CT molecular complexity index is 1260. The first-order valence-corrected chi connectivity index (χ1v) is 9.78. The van der Waals surface area contributed by atoms with Gasteiger partial charge in [-0.2, -0.15) is 0 Å². The second-order valence-corrected chi connectivity index (χ2v) is 6.89. The van der Waals surface area contributed by atoms with Gasteiger partial charge in [0.2, 0.25) is 5.88 Å². The first kappa shape index (κ1) is 21.8. The number of aromatic amines is 2. The molecule has 0 aliphatic rings. The monoisotopic (exact) mass is 424 g/mol. The molecular formula is C22H24N4O5. The molecule has 0 spiro atoms. The smallest absolute Gasteiger partial charge is 0.331 e. The first-order valence-electron chi connectivity index (χ1n) is 9.78. The summed E-state index contributed by atoms with van der Waals surface area (Å²) in [6, 6.07) is 6.71. The van der Waals surface area contributed by atoms with E-state index in [0.29, 0.717) is 0 Å². The van der Waals surface area contributed by atoms with Crippen molar-refractivity contribution in [2.75, 3.05) is 7.11 Å². The third kappa shape index (κ3) is 4.35. The van der Waals surface area contributed by atoms with E-state index in [2.05, 4.69) is 21.5 Å². The van der Waals surface area contributed by atoms with E-state index in [-0.39, 0.29) is 30.7 Å². The Balaban J connectivity index is 2.10. The second-order valence-electron chi connectivity index (χ2n) is 6.89. The fourth-order valence-corrected chi connectivity index (χ4v) is 3.47. The maximum Gasteiger partial charge on any atom is 0.331 e. The molecule has 0 aliphatic carbocycles. The summed E-state index contributed by atoms with van der Waals surface area (Å²) in [7, 11) is 1.26. The summed E-state index contributed by atoms with van der Waals surface area (Å²) in [5.74, 6) is -1.10. The number of aromatic hydroxyl groups is 1. The van der Waals surface area contributed by atoms with E-state index < -0.39 is 29.1 Å². The number of hydrogen-bond donors (Lipinski definition) is 3. The molecule has 2 aromatic heterocycles. The third-order valence-corrected chi connectivity index (χ3v) is 4.98. The Kier molecular flexibility index (Phi) is 6.54. The van der Waals surface area contributed by atoms with Crippen LogP contribution in [0.3, 0.4) is 0 Å². The van der Waals surface area contributed by atoms with Gasteiger partial charge < -0.3 is 14.8 Å². The summed E-state index contributed by atoms with van der Waals surface area (Å²) in [4.78, 5) is 46.8. The maximum absolute atomic E-state index is 12.5. The Morgan fingerprint density at radius 2 is 2.10 bits per heavy atom. The Morgan fingerprint density at radius 3 is 2.77 bits per heavy atom. The van der Waals surface area contributed by atoms with Crippen molar-refractivity contribution in [3.8, 4) is 5.88 Å². The van der Waals surface area contributed by atoms with Gasteiger partial charge in [0.1, 0.15) is 5.56 Å². The zero-order chi connectivity index (χ0) is 22.5. The quantitative estimate of drug-likeness (QED) is 0.289. The first-order chi connectivity index (χ1) is 14.9. The molecule has 9 nitrogen and oxygen atoms in total. The van der Waals surface area contributed by atoms with Crippen LogP contribution >= 0.6 is 0 Å². The lowest BCUT2D eigenvalue weighted by Crippen LogP contribution is -2.34. The molecule has 3 N–H and O–H groups in total. The van der Waals surface area contributed by atoms with Crippen molar-refractivity contribution in [3.63, 3.8) is 0 Å². The molecule has 0 fully saturated rings. The summed E-state index contributed by atoms with van der Waals surface area (Å²) in [5, 5.41) is 11.5. The molecule has 1 atom stereocenters. The molecule has 2 heterocycles. The van der Waals surface area contributed by atoms with Crippen molar-refractivity contribution in [2.24, 2.45) is 4.99 Å². The molecule has 162 valence electrons. The van der Waals surface area contributed by atoms with Crippen LogP contribution in [0.15, 0.2) is 57.7 Å². The lowest BCUT2D eigenvalue weighted by Gasteiger charge is -2.15. The van der Waals surface area contributed by atoms with Crippen molar-refractivity contribution >= 4 is 22.6 Å². The molecule has 9 heteroatoms. The SMILES string of the molecule is C=CCn1c(O)c(C(CC)=NC(Cc2c[nH]c3ccccc23)C(=O)OC)c(=O)[nH]c1=O. The number of methoxy groups -OCH3 is 1. The van der Waals surface area contributed by atoms with Crippen molar-refractivity contribution in [3.05, 3.63) is 75.1 Å². The van der Waals surface area contributed by atoms with Crippen LogP contribution in [0.2, 0.25) is 0 Å². The molecule has 0 saturated carbocycles. The Morgan fingerprint density at radius 1 is 1.35 bits per heavy atom. The fraction of sp³-hybridized carbons (Fsp3) is 0.273. The zero-order valence-electron chi connectivity index (χ0n) is 17.3. The standard InChI is InChI=1S/C22H24N4O5/c1-4-10-26-20(28)18(19(27)25-22(26)30)15(5-2)24-17(21(29)31-3)11-13-12-23-16-9-7-6-8-14(13)16/h4,6-9,12,17,23,28H,1,5,10-11H2,2-3H3,(H,25,27,30). The van der Waals surface area contributed by atoms with Gasteiger partial charge in [0.05, 0.1) is 12.8 Å². The van der Waals surface area contributed by atoms with Crippen molar-refractivity contribution in [2.45, 2.75) is 32.4 Å². The predicted octanol–water partition coefficient (Wildman–Crippen LogP) is 1.89. The van der Waals surface area contributed by atoms with Crippen LogP contribution < -0.4 is 11.2 Å². The number of nitrogens with one attached hydrogen (secondary N) is 2. The van der Waals surface area contributed by atoms with Crippen LogP contribution in [0.5, 0.6) is 5.88 Å². The largest absolute Gasteiger partial charge is 0.494 e. The number of allylic oxidation sites excluding steroid dienone is 1. The van der Waals surface area contributed by atoms with Gasteiger partial charge in [-0.1, -0.05) is 31.2 Å². The van der Waals surface area contributed by atoms with Crippen LogP contribution in [-0.2, 0) is 22.5 Å². The van der Waals surface area contributed by atoms with Crippen molar-refractivity contribution in [1.29, 1.82) is 0 Å². The Labute approximate surface area is 177 Å². The highest BCUT2D eigenvalue weighted by Gasteiger charge is 2.24. The molecule has 0 aliphatic heterocycles. The van der Waals surface area contributed by atoms with Crippen LogP contribution in [0.1, 0.15) is 24.5 Å². The average Bonchev–Trinajstić information content (AvgIpc) is 3.17. The average molecular weight is 424 g/mol. The molecule has 0 amide bonds. The molecule has 0 bridgehead atoms. The maximum atomic E-state index is 12.5. The van der Waals surface area contributed by atoms with Gasteiger partial charge in [0.15, 0.2) is 6.04 Å². The normalized spacial score (nSPS) is 12.6. The molecule has 31 heavy (non-hydrogen) atoms. The van der Waals surface area contributed by atoms with E-state index in [1.807, 2.05) is 24.3 Å². The number of rotatable bonds is 8. The topological polar surface area (TPSA) is 130 Å². The Hall–Kier alpha value is -3.88. The van der Waals surface area contributed by atoms with Crippen molar-refractivity contribution in [1.82, 2.24) is 14.5 Å². The summed E-state index contributed by atoms with van der Waals surface area (Å²) in [6.45, 7) is 5.29. The van der Waals surface area contributed by atoms with Crippen LogP contribution in [-0.4, -0.2) is 44.5 Å². The van der Waals surface area contributed by atoms with E-state index in [0.717, 1.165) is 21.0 Å². The fourth-order valence-electron chi connectivity index (χ4n) is 3.47. The number of para-hydroxylation sites is 1. The number of aromatic nitrogens is 3. The highest BCUT2D eigenvalue weighted by Crippen LogP contribution is 2.21. The third-order valence-electron chi connectivity index (χ3n) is 4.98. The minimum atomic E-state index is -0.947. The number of ether oxygens (including phenoxy) is 1. The van der Waals surface area contributed by atoms with Gasteiger partial charge in [-0.25, -0.2) is 9.59 Å². The van der Waals surface area contributed by atoms with E-state index in [1.54, 1.807) is 13.1 Å². The molecule has 0 saturated heterocycles. The van der Waals surface area contributed by atoms with Crippen molar-refractivity contribution < 1.29 is 14.6 Å². The number of aliphatic imine (C=N–C) groups is 1. The van der Waals surface area contributed by atoms with Crippen LogP contribution in [0, 0.1) is 0 Å². The highest BCUT2D eigenvalue weighted by molar-refractivity contribution is 6.03. The van der Waals surface area contributed by atoms with E-state index >= 15 is 0 Å². The summed E-state index contributed by atoms with van der Waals surface area (Å²) in [6.07, 6.45) is 3.69. The number of nitrogens with zero attached hydrogens (tertiary/aromatic N) is 2. The summed E-state index contributed by atoms with van der Waals surface area (Å²) >= 11 is 0. The van der Waals surface area contributed by atoms with Gasteiger partial charge >= 0.3 is 11.7 Å². The lowest BCUT2D eigenvalue weighted by atomic mass is 10.0. The zero-order valence-corrected chi connectivity index (χ0v) is 17.3. The number of carbonyl (C=O) groups is 1. The minimum absolute atomic E-state index is 0.00120. The number of esters is 1. The second kappa shape index (κ2) is 9.29. The van der Waals surface area contributed by atoms with Crippen LogP contribution in [0.4, 0.5) is 0 Å². The molecule has 0 radical (unpaired) electrons. The summed E-state index contributed by atoms with van der Waals surface area (Å²) < 4.78 is 5.90. The van der Waals surface area contributed by atoms with Gasteiger partial charge in [-0.3, -0.25) is 19.3 Å². The summed E-state index contributed by atoms with van der Waals surface area (Å²) in [5.41, 5.74) is 0.277. The molecule has 1 aromatic carbocycles. The highest BCUT2D eigenvalue weighted by atomic mass is 16.5. The van der Waals surface area contributed by atoms with Gasteiger partial charge in [0.25, 0.3) is 5.56 Å². The van der Waals surface area contributed by atoms with Gasteiger partial charge in [-0.15, -0.1) is 6.58 Å². The number of hydrogen-bond acceptors (Lipinski definition) is 6. The van der Waals surface area contributed by atoms with Gasteiger partial charge in [0, 0.05) is 30.1 Å². The van der Waals surface area contributed by atoms with Gasteiger partial charge in [-0.05, 0) is 18.1 Å². The number of H-pyrrole nitrogens is 2. The van der Waals surface area contributed by atoms with E-state index in [1.165, 1.54) is 13.2 Å². The van der Waals surface area contributed by atoms with Crippen LogP contribution in [0.25, 0.3) is 10.9 Å². The minimum Gasteiger partial charge on any atom is -0.494 e. The molecular weight excluding hydrogens is 400 g/mol. The molecule has 3 rings (SSSR count). The lowest BCUT2D eigenvalue weighted by molar-refractivity contribution is -0.142. The number of carbonyl (C=O) groups excluding carboxylic acids is 1. The van der Waals surface area contributed by atoms with E-state index in [4.69, 9.17) is 4.74 Å². The molecule has 3 aromatic rings. The molecule has 1 unspecified atom stereocenters. The van der Waals surface area contributed by atoms with E-state index in [9.17, 15) is 19.5 Å². The predicted molar refractivity (Wildman–Crippen MR) is 118 cm³/mol. The number of fused-ring (bicyclic) bond motifs is 1.